The van der Waals surface area contributed by atoms with Gasteiger partial charge in [0, 0.05) is 9.64 Å². The van der Waals surface area contributed by atoms with Gasteiger partial charge in [-0.2, -0.15) is 4.99 Å². The first-order valence-corrected chi connectivity index (χ1v) is 5.20. The summed E-state index contributed by atoms with van der Waals surface area (Å²) in [6, 6.07) is 7.57. The highest BCUT2D eigenvalue weighted by Gasteiger charge is 2.11. The zero-order chi connectivity index (χ0) is 10.6. The number of carbonyl (C=O) groups excluding carboxylic acids is 1. The molecule has 0 aromatic heterocycles. The molecule has 0 saturated carbocycles. The fourth-order valence-electron chi connectivity index (χ4n) is 0.995. The second-order valence-electron chi connectivity index (χ2n) is 3.91. The SMILES string of the molecule is CC(C)(C)Sc1ccc(N=C=O)cc1. The van der Waals surface area contributed by atoms with E-state index in [4.69, 9.17) is 0 Å². The molecule has 2 nitrogen and oxygen atoms in total. The minimum absolute atomic E-state index is 0.204. The second kappa shape index (κ2) is 4.45. The van der Waals surface area contributed by atoms with Crippen molar-refractivity contribution in [2.75, 3.05) is 0 Å². The zero-order valence-electron chi connectivity index (χ0n) is 8.57. The first kappa shape index (κ1) is 11.0. The Kier molecular flexibility index (Phi) is 3.50. The van der Waals surface area contributed by atoms with E-state index in [9.17, 15) is 4.79 Å². The van der Waals surface area contributed by atoms with Crippen molar-refractivity contribution in [3.63, 3.8) is 0 Å². The number of rotatable bonds is 2. The third-order valence-corrected chi connectivity index (χ3v) is 2.56. The molecule has 0 spiro atoms. The molecule has 0 amide bonds. The number of isocyanates is 1. The van der Waals surface area contributed by atoms with Crippen LogP contribution >= 0.6 is 11.8 Å². The maximum Gasteiger partial charge on any atom is 0.240 e. The molecule has 0 radical (unpaired) electrons. The Bertz CT molecular complexity index is 345. The maximum absolute atomic E-state index is 9.99. The van der Waals surface area contributed by atoms with Gasteiger partial charge in [-0.25, -0.2) is 4.79 Å². The van der Waals surface area contributed by atoms with E-state index in [-0.39, 0.29) is 4.75 Å². The molecule has 0 saturated heterocycles. The molecule has 0 aliphatic rings. The molecular weight excluding hydrogens is 194 g/mol. The van der Waals surface area contributed by atoms with Crippen LogP contribution in [0.15, 0.2) is 34.2 Å². The molecule has 0 heterocycles. The minimum Gasteiger partial charge on any atom is -0.211 e. The van der Waals surface area contributed by atoms with E-state index in [0.29, 0.717) is 5.69 Å². The lowest BCUT2D eigenvalue weighted by Gasteiger charge is -2.17. The quantitative estimate of drug-likeness (QED) is 0.421. The zero-order valence-corrected chi connectivity index (χ0v) is 9.39. The summed E-state index contributed by atoms with van der Waals surface area (Å²) in [5.74, 6) is 0. The van der Waals surface area contributed by atoms with Gasteiger partial charge >= 0.3 is 0 Å². The van der Waals surface area contributed by atoms with E-state index in [2.05, 4.69) is 25.8 Å². The van der Waals surface area contributed by atoms with E-state index >= 15 is 0 Å². The average Bonchev–Trinajstić information content (AvgIpc) is 2.06. The molecule has 0 aliphatic heterocycles. The molecule has 0 aliphatic carbocycles. The summed E-state index contributed by atoms with van der Waals surface area (Å²) < 4.78 is 0.204. The summed E-state index contributed by atoms with van der Waals surface area (Å²) in [6.07, 6.45) is 1.52. The van der Waals surface area contributed by atoms with Crippen LogP contribution < -0.4 is 0 Å². The summed E-state index contributed by atoms with van der Waals surface area (Å²) in [7, 11) is 0. The molecule has 14 heavy (non-hydrogen) atoms. The van der Waals surface area contributed by atoms with Crippen LogP contribution in [0.2, 0.25) is 0 Å². The van der Waals surface area contributed by atoms with Crippen LogP contribution in [-0.4, -0.2) is 10.8 Å². The third-order valence-electron chi connectivity index (χ3n) is 1.44. The summed E-state index contributed by atoms with van der Waals surface area (Å²) in [5, 5.41) is 0. The first-order valence-electron chi connectivity index (χ1n) is 4.38. The number of nitrogens with zero attached hydrogens (tertiary/aromatic N) is 1. The minimum atomic E-state index is 0.204. The van der Waals surface area contributed by atoms with Crippen LogP contribution in [0.3, 0.4) is 0 Å². The highest BCUT2D eigenvalue weighted by molar-refractivity contribution is 8.00. The Hall–Kier alpha value is -1.05. The summed E-state index contributed by atoms with van der Waals surface area (Å²) >= 11 is 1.79. The number of aliphatic imine (C=N–C) groups is 1. The number of hydrogen-bond donors (Lipinski definition) is 0. The van der Waals surface area contributed by atoms with E-state index in [1.165, 1.54) is 11.0 Å². The molecule has 0 unspecified atom stereocenters. The highest BCUT2D eigenvalue weighted by Crippen LogP contribution is 2.32. The van der Waals surface area contributed by atoms with Gasteiger partial charge in [0.25, 0.3) is 0 Å². The van der Waals surface area contributed by atoms with Gasteiger partial charge < -0.3 is 0 Å². The summed E-state index contributed by atoms with van der Waals surface area (Å²) in [6.45, 7) is 6.49. The van der Waals surface area contributed by atoms with Crippen molar-refractivity contribution in [3.05, 3.63) is 24.3 Å². The van der Waals surface area contributed by atoms with Gasteiger partial charge in [0.15, 0.2) is 0 Å². The van der Waals surface area contributed by atoms with Gasteiger partial charge in [-0.15, -0.1) is 11.8 Å². The lowest BCUT2D eigenvalue weighted by atomic mass is 10.3. The van der Waals surface area contributed by atoms with Gasteiger partial charge in [0.2, 0.25) is 6.08 Å². The largest absolute Gasteiger partial charge is 0.240 e. The van der Waals surface area contributed by atoms with Gasteiger partial charge in [0.1, 0.15) is 0 Å². The van der Waals surface area contributed by atoms with Gasteiger partial charge in [-0.1, -0.05) is 20.8 Å². The van der Waals surface area contributed by atoms with Crippen molar-refractivity contribution < 1.29 is 4.79 Å². The van der Waals surface area contributed by atoms with Crippen LogP contribution in [0.1, 0.15) is 20.8 Å². The molecule has 3 heteroatoms. The second-order valence-corrected chi connectivity index (χ2v) is 5.81. The molecule has 1 aromatic rings. The van der Waals surface area contributed by atoms with E-state index in [1.807, 2.05) is 24.3 Å². The van der Waals surface area contributed by atoms with Crippen molar-refractivity contribution in [1.82, 2.24) is 0 Å². The molecule has 0 atom stereocenters. The van der Waals surface area contributed by atoms with Crippen molar-refractivity contribution in [3.8, 4) is 0 Å². The van der Waals surface area contributed by atoms with Crippen LogP contribution in [-0.2, 0) is 4.79 Å². The predicted molar refractivity (Wildman–Crippen MR) is 59.8 cm³/mol. The van der Waals surface area contributed by atoms with Crippen LogP contribution in [0.25, 0.3) is 0 Å². The first-order chi connectivity index (χ1) is 6.51. The predicted octanol–water partition coefficient (Wildman–Crippen LogP) is 3.54. The summed E-state index contributed by atoms with van der Waals surface area (Å²) in [5.41, 5.74) is 0.651. The maximum atomic E-state index is 9.99. The van der Waals surface area contributed by atoms with Crippen molar-refractivity contribution in [2.24, 2.45) is 4.99 Å². The molecule has 0 fully saturated rings. The molecule has 1 aromatic carbocycles. The molecule has 0 bridgehead atoms. The molecule has 0 N–H and O–H groups in total. The number of hydrogen-bond acceptors (Lipinski definition) is 3. The number of benzene rings is 1. The van der Waals surface area contributed by atoms with Crippen molar-refractivity contribution in [2.45, 2.75) is 30.4 Å². The average molecular weight is 207 g/mol. The highest BCUT2D eigenvalue weighted by atomic mass is 32.2. The monoisotopic (exact) mass is 207 g/mol. The van der Waals surface area contributed by atoms with Gasteiger partial charge in [0.05, 0.1) is 5.69 Å². The molecular formula is C11H13NOS. The lowest BCUT2D eigenvalue weighted by molar-refractivity contribution is 0.565. The number of thioether (sulfide) groups is 1. The fourth-order valence-corrected chi connectivity index (χ4v) is 1.97. The standard InChI is InChI=1S/C11H13NOS/c1-11(2,3)14-10-6-4-9(5-7-10)12-8-13/h4-7H,1-3H3. The fraction of sp³-hybridized carbons (Fsp3) is 0.364. The lowest BCUT2D eigenvalue weighted by Crippen LogP contribution is -2.06. The van der Waals surface area contributed by atoms with Gasteiger partial charge in [-0.05, 0) is 24.3 Å². The van der Waals surface area contributed by atoms with Crippen molar-refractivity contribution >= 4 is 23.5 Å². The summed E-state index contributed by atoms with van der Waals surface area (Å²) in [4.78, 5) is 14.7. The van der Waals surface area contributed by atoms with Crippen LogP contribution in [0, 0.1) is 0 Å². The Labute approximate surface area is 88.4 Å². The van der Waals surface area contributed by atoms with Crippen molar-refractivity contribution in [1.29, 1.82) is 0 Å². The van der Waals surface area contributed by atoms with Crippen LogP contribution in [0.5, 0.6) is 0 Å². The van der Waals surface area contributed by atoms with E-state index in [0.717, 1.165) is 0 Å². The Morgan fingerprint density at radius 2 is 1.79 bits per heavy atom. The molecule has 74 valence electrons. The van der Waals surface area contributed by atoms with Gasteiger partial charge in [-0.3, -0.25) is 0 Å². The smallest absolute Gasteiger partial charge is 0.211 e. The van der Waals surface area contributed by atoms with E-state index < -0.39 is 0 Å². The molecule has 1 rings (SSSR count). The normalized spacial score (nSPS) is 10.8. The van der Waals surface area contributed by atoms with Crippen LogP contribution in [0.4, 0.5) is 5.69 Å². The Balaban J connectivity index is 2.78. The Morgan fingerprint density at radius 1 is 1.21 bits per heavy atom. The topological polar surface area (TPSA) is 29.4 Å². The third kappa shape index (κ3) is 3.77. The van der Waals surface area contributed by atoms with E-state index in [1.54, 1.807) is 11.8 Å². The Morgan fingerprint density at radius 3 is 2.21 bits per heavy atom.